The Balaban J connectivity index is 2.28. The van der Waals surface area contributed by atoms with Crippen molar-refractivity contribution in [1.29, 1.82) is 0 Å². The van der Waals surface area contributed by atoms with Gasteiger partial charge < -0.3 is 10.8 Å². The average molecular weight is 274 g/mol. The molecule has 0 radical (unpaired) electrons. The molecule has 102 valence electrons. The van der Waals surface area contributed by atoms with Crippen LogP contribution < -0.4 is 5.73 Å². The van der Waals surface area contributed by atoms with Crippen LogP contribution in [-0.2, 0) is 16.6 Å². The molecule has 1 fully saturated rings. The first-order valence-electron chi connectivity index (χ1n) is 5.93. The van der Waals surface area contributed by atoms with E-state index in [1.807, 2.05) is 6.92 Å². The molecule has 2 heterocycles. The average Bonchev–Trinajstić information content (AvgIpc) is 2.95. The summed E-state index contributed by atoms with van der Waals surface area (Å²) >= 11 is 0. The van der Waals surface area contributed by atoms with Crippen LogP contribution in [0.25, 0.3) is 0 Å². The van der Waals surface area contributed by atoms with Crippen LogP contribution in [0, 0.1) is 5.92 Å². The number of aliphatic hydroxyl groups is 1. The van der Waals surface area contributed by atoms with Gasteiger partial charge in [0.05, 0.1) is 0 Å². The summed E-state index contributed by atoms with van der Waals surface area (Å²) in [6.07, 6.45) is 2.13. The van der Waals surface area contributed by atoms with Gasteiger partial charge in [0.1, 0.15) is 4.90 Å². The summed E-state index contributed by atoms with van der Waals surface area (Å²) in [6.45, 7) is 3.20. The maximum Gasteiger partial charge on any atom is 0.248 e. The third-order valence-corrected chi connectivity index (χ3v) is 5.09. The van der Waals surface area contributed by atoms with Crippen molar-refractivity contribution in [3.63, 3.8) is 0 Å². The molecular weight excluding hydrogens is 256 g/mol. The predicted molar refractivity (Wildman–Crippen MR) is 66.3 cm³/mol. The molecule has 1 saturated heterocycles. The van der Waals surface area contributed by atoms with Gasteiger partial charge in [-0.3, -0.25) is 4.68 Å². The Kier molecular flexibility index (Phi) is 3.60. The number of nitrogens with zero attached hydrogens (tertiary/aromatic N) is 3. The van der Waals surface area contributed by atoms with Gasteiger partial charge in [-0.2, -0.15) is 9.40 Å². The fourth-order valence-corrected chi connectivity index (χ4v) is 3.67. The molecule has 1 aromatic heterocycles. The van der Waals surface area contributed by atoms with Crippen molar-refractivity contribution in [2.45, 2.75) is 24.8 Å². The molecule has 18 heavy (non-hydrogen) atoms. The van der Waals surface area contributed by atoms with Crippen LogP contribution in [0.3, 0.4) is 0 Å². The van der Waals surface area contributed by atoms with E-state index < -0.39 is 10.0 Å². The molecule has 1 aromatic rings. The molecular formula is C10H18N4O3S. The van der Waals surface area contributed by atoms with Crippen molar-refractivity contribution in [3.8, 4) is 0 Å². The molecule has 0 amide bonds. The summed E-state index contributed by atoms with van der Waals surface area (Å²) in [6, 6.07) is 0. The lowest BCUT2D eigenvalue weighted by molar-refractivity contribution is 0.233. The highest BCUT2D eigenvalue weighted by atomic mass is 32.2. The molecule has 2 rings (SSSR count). The van der Waals surface area contributed by atoms with E-state index in [1.165, 1.54) is 15.2 Å². The Hall–Kier alpha value is -1.12. The number of hydrogen-bond donors (Lipinski definition) is 2. The Labute approximate surface area is 106 Å². The van der Waals surface area contributed by atoms with Gasteiger partial charge in [-0.15, -0.1) is 0 Å². The van der Waals surface area contributed by atoms with Crippen LogP contribution in [0.15, 0.2) is 11.1 Å². The first-order valence-corrected chi connectivity index (χ1v) is 7.37. The standard InChI is InChI=1S/C10H18N4O3S/c1-2-13-6-9(10(11)12-13)18(16,17)14-4-3-8(5-14)7-15/h6,8,15H,2-5,7H2,1H3,(H2,11,12). The molecule has 1 atom stereocenters. The topological polar surface area (TPSA) is 101 Å². The highest BCUT2D eigenvalue weighted by Gasteiger charge is 2.34. The predicted octanol–water partition coefficient (Wildman–Crippen LogP) is -0.512. The minimum absolute atomic E-state index is 0.00965. The van der Waals surface area contributed by atoms with E-state index in [-0.39, 0.29) is 23.2 Å². The summed E-state index contributed by atoms with van der Waals surface area (Å²) in [5.74, 6) is 0.0477. The zero-order valence-corrected chi connectivity index (χ0v) is 11.1. The van der Waals surface area contributed by atoms with Crippen molar-refractivity contribution >= 4 is 15.8 Å². The second-order valence-electron chi connectivity index (χ2n) is 4.43. The molecule has 0 saturated carbocycles. The normalized spacial score (nSPS) is 21.6. The summed E-state index contributed by atoms with van der Waals surface area (Å²) < 4.78 is 27.6. The van der Waals surface area contributed by atoms with E-state index >= 15 is 0 Å². The third kappa shape index (κ3) is 2.23. The van der Waals surface area contributed by atoms with Crippen LogP contribution in [0.4, 0.5) is 5.82 Å². The van der Waals surface area contributed by atoms with E-state index in [0.29, 0.717) is 26.1 Å². The minimum Gasteiger partial charge on any atom is -0.396 e. The number of sulfonamides is 1. The second-order valence-corrected chi connectivity index (χ2v) is 6.34. The van der Waals surface area contributed by atoms with Crippen molar-refractivity contribution < 1.29 is 13.5 Å². The molecule has 1 unspecified atom stereocenters. The highest BCUT2D eigenvalue weighted by Crippen LogP contribution is 2.26. The van der Waals surface area contributed by atoms with Crippen molar-refractivity contribution in [1.82, 2.24) is 14.1 Å². The van der Waals surface area contributed by atoms with Gasteiger partial charge in [0.25, 0.3) is 0 Å². The lowest BCUT2D eigenvalue weighted by Crippen LogP contribution is -2.29. The van der Waals surface area contributed by atoms with Gasteiger partial charge in [0.2, 0.25) is 10.0 Å². The van der Waals surface area contributed by atoms with Gasteiger partial charge in [-0.25, -0.2) is 8.42 Å². The molecule has 1 aliphatic heterocycles. The molecule has 7 nitrogen and oxygen atoms in total. The van der Waals surface area contributed by atoms with Crippen molar-refractivity contribution in [2.24, 2.45) is 5.92 Å². The number of hydrogen-bond acceptors (Lipinski definition) is 5. The zero-order chi connectivity index (χ0) is 13.3. The fourth-order valence-electron chi connectivity index (χ4n) is 2.08. The van der Waals surface area contributed by atoms with E-state index in [1.54, 1.807) is 0 Å². The molecule has 0 bridgehead atoms. The van der Waals surface area contributed by atoms with E-state index in [0.717, 1.165) is 0 Å². The van der Waals surface area contributed by atoms with Gasteiger partial charge in [-0.1, -0.05) is 0 Å². The number of aryl methyl sites for hydroxylation is 1. The molecule has 0 aromatic carbocycles. The Morgan fingerprint density at radius 3 is 2.83 bits per heavy atom. The maximum atomic E-state index is 12.4. The lowest BCUT2D eigenvalue weighted by Gasteiger charge is -2.15. The number of aliphatic hydroxyl groups excluding tert-OH is 1. The molecule has 0 aliphatic carbocycles. The van der Waals surface area contributed by atoms with Gasteiger partial charge in [-0.05, 0) is 19.3 Å². The van der Waals surface area contributed by atoms with Gasteiger partial charge >= 0.3 is 0 Å². The first-order chi connectivity index (χ1) is 8.48. The summed E-state index contributed by atoms with van der Waals surface area (Å²) in [7, 11) is -3.59. The minimum atomic E-state index is -3.59. The van der Waals surface area contributed by atoms with E-state index in [2.05, 4.69) is 5.10 Å². The molecule has 3 N–H and O–H groups in total. The number of nitrogens with two attached hydrogens (primary N) is 1. The number of anilines is 1. The quantitative estimate of drug-likeness (QED) is 0.770. The highest BCUT2D eigenvalue weighted by molar-refractivity contribution is 7.89. The Bertz CT molecular complexity index is 525. The monoisotopic (exact) mass is 274 g/mol. The van der Waals surface area contributed by atoms with E-state index in [9.17, 15) is 8.42 Å². The Morgan fingerprint density at radius 1 is 1.61 bits per heavy atom. The largest absolute Gasteiger partial charge is 0.396 e. The van der Waals surface area contributed by atoms with Gasteiger partial charge in [0.15, 0.2) is 5.82 Å². The Morgan fingerprint density at radius 2 is 2.33 bits per heavy atom. The van der Waals surface area contributed by atoms with Crippen LogP contribution in [0.1, 0.15) is 13.3 Å². The van der Waals surface area contributed by atoms with Crippen molar-refractivity contribution in [3.05, 3.63) is 6.20 Å². The summed E-state index contributed by atoms with van der Waals surface area (Å²) in [4.78, 5) is 0.0583. The molecule has 0 spiro atoms. The molecule has 8 heteroatoms. The van der Waals surface area contributed by atoms with Crippen molar-refractivity contribution in [2.75, 3.05) is 25.4 Å². The summed E-state index contributed by atoms with van der Waals surface area (Å²) in [5, 5.41) is 13.0. The summed E-state index contributed by atoms with van der Waals surface area (Å²) in [5.41, 5.74) is 5.65. The van der Waals surface area contributed by atoms with Crippen LogP contribution >= 0.6 is 0 Å². The maximum absolute atomic E-state index is 12.4. The zero-order valence-electron chi connectivity index (χ0n) is 10.3. The first kappa shape index (κ1) is 13.3. The smallest absolute Gasteiger partial charge is 0.248 e. The van der Waals surface area contributed by atoms with E-state index in [4.69, 9.17) is 10.8 Å². The fraction of sp³-hybridized carbons (Fsp3) is 0.700. The van der Waals surface area contributed by atoms with Gasteiger partial charge in [0, 0.05) is 32.4 Å². The SMILES string of the molecule is CCn1cc(S(=O)(=O)N2CCC(CO)C2)c(N)n1. The lowest BCUT2D eigenvalue weighted by atomic mass is 10.1. The number of nitrogen functional groups attached to an aromatic ring is 1. The number of rotatable bonds is 4. The van der Waals surface area contributed by atoms with Crippen LogP contribution in [0.2, 0.25) is 0 Å². The second kappa shape index (κ2) is 4.87. The third-order valence-electron chi connectivity index (χ3n) is 3.20. The number of aromatic nitrogens is 2. The van der Waals surface area contributed by atoms with Crippen LogP contribution in [-0.4, -0.2) is 47.3 Å². The van der Waals surface area contributed by atoms with Crippen LogP contribution in [0.5, 0.6) is 0 Å². The molecule has 1 aliphatic rings.